The number of aromatic nitrogens is 2. The molecule has 1 aromatic carbocycles. The predicted molar refractivity (Wildman–Crippen MR) is 72.0 cm³/mol. The van der Waals surface area contributed by atoms with Crippen molar-refractivity contribution in [2.75, 3.05) is 7.11 Å². The number of benzene rings is 1. The lowest BCUT2D eigenvalue weighted by molar-refractivity contribution is 0.409. The molecule has 6 heteroatoms. The summed E-state index contributed by atoms with van der Waals surface area (Å²) in [7, 11) is 3.35. The first-order chi connectivity index (χ1) is 9.02. The highest BCUT2D eigenvalue weighted by atomic mass is 16.5. The third kappa shape index (κ3) is 2.52. The van der Waals surface area contributed by atoms with Crippen molar-refractivity contribution in [2.24, 2.45) is 12.8 Å². The van der Waals surface area contributed by atoms with Crippen LogP contribution in [0.15, 0.2) is 24.3 Å². The van der Waals surface area contributed by atoms with E-state index < -0.39 is 0 Å². The van der Waals surface area contributed by atoms with Crippen molar-refractivity contribution in [3.05, 3.63) is 35.5 Å². The van der Waals surface area contributed by atoms with E-state index in [0.717, 1.165) is 5.75 Å². The third-order valence-corrected chi connectivity index (χ3v) is 2.71. The van der Waals surface area contributed by atoms with Crippen molar-refractivity contribution in [2.45, 2.75) is 6.92 Å². The number of aryl methyl sites for hydroxylation is 2. The molecule has 0 aliphatic carbocycles. The summed E-state index contributed by atoms with van der Waals surface area (Å²) in [5.41, 5.74) is 6.74. The topological polar surface area (TPSA) is 86.2 Å². The molecular weight excluding hydrogens is 244 g/mol. The van der Waals surface area contributed by atoms with Gasteiger partial charge in [-0.05, 0) is 31.2 Å². The summed E-state index contributed by atoms with van der Waals surface area (Å²) in [4.78, 5) is 0. The minimum absolute atomic E-state index is 0.0610. The molecule has 3 N–H and O–H groups in total. The second-order valence-corrected chi connectivity index (χ2v) is 4.08. The van der Waals surface area contributed by atoms with Crippen LogP contribution in [0, 0.1) is 12.3 Å². The van der Waals surface area contributed by atoms with Gasteiger partial charge in [0.25, 0.3) is 0 Å². The first-order valence-corrected chi connectivity index (χ1v) is 5.73. The molecule has 0 aliphatic rings. The van der Waals surface area contributed by atoms with Crippen LogP contribution in [0.25, 0.3) is 0 Å². The Hall–Kier alpha value is -2.50. The number of amidine groups is 1. The van der Waals surface area contributed by atoms with Gasteiger partial charge in [0.15, 0.2) is 0 Å². The second kappa shape index (κ2) is 5.01. The number of methoxy groups -OCH3 is 1. The normalized spacial score (nSPS) is 10.3. The van der Waals surface area contributed by atoms with Crippen LogP contribution >= 0.6 is 0 Å². The zero-order valence-electron chi connectivity index (χ0n) is 11.1. The molecule has 0 fully saturated rings. The molecule has 0 saturated carbocycles. The Labute approximate surface area is 111 Å². The van der Waals surface area contributed by atoms with Crippen LogP contribution in [-0.4, -0.2) is 22.7 Å². The van der Waals surface area contributed by atoms with Crippen molar-refractivity contribution in [1.82, 2.24) is 9.78 Å². The van der Waals surface area contributed by atoms with Gasteiger partial charge in [-0.15, -0.1) is 0 Å². The quantitative estimate of drug-likeness (QED) is 0.648. The van der Waals surface area contributed by atoms with E-state index in [-0.39, 0.29) is 5.84 Å². The second-order valence-electron chi connectivity index (χ2n) is 4.08. The molecule has 0 bridgehead atoms. The van der Waals surface area contributed by atoms with Crippen molar-refractivity contribution in [1.29, 1.82) is 5.41 Å². The lowest BCUT2D eigenvalue weighted by atomic mass is 10.2. The molecule has 2 rings (SSSR count). The predicted octanol–water partition coefficient (Wildman–Crippen LogP) is 1.81. The lowest BCUT2D eigenvalue weighted by Crippen LogP contribution is -2.13. The average molecular weight is 260 g/mol. The number of hydrogen-bond acceptors (Lipinski definition) is 4. The minimum Gasteiger partial charge on any atom is -0.497 e. The van der Waals surface area contributed by atoms with Crippen LogP contribution in [0.4, 0.5) is 0 Å². The molecule has 0 spiro atoms. The summed E-state index contributed by atoms with van der Waals surface area (Å²) in [6.07, 6.45) is 0. The molecular formula is C13H16N4O2. The Morgan fingerprint density at radius 1 is 1.26 bits per heavy atom. The maximum atomic E-state index is 7.58. The van der Waals surface area contributed by atoms with Crippen molar-refractivity contribution >= 4 is 5.84 Å². The molecule has 0 saturated heterocycles. The number of rotatable bonds is 4. The van der Waals surface area contributed by atoms with E-state index in [1.165, 1.54) is 0 Å². The molecule has 19 heavy (non-hydrogen) atoms. The monoisotopic (exact) mass is 260 g/mol. The van der Waals surface area contributed by atoms with Gasteiger partial charge in [-0.2, -0.15) is 5.10 Å². The molecule has 1 aromatic heterocycles. The fourth-order valence-electron chi connectivity index (χ4n) is 1.82. The van der Waals surface area contributed by atoms with Gasteiger partial charge in [0.2, 0.25) is 5.88 Å². The molecule has 0 radical (unpaired) electrons. The minimum atomic E-state index is -0.0610. The molecule has 0 unspecified atom stereocenters. The van der Waals surface area contributed by atoms with Crippen LogP contribution in [0.2, 0.25) is 0 Å². The number of nitrogens with two attached hydrogens (primary N) is 1. The third-order valence-electron chi connectivity index (χ3n) is 2.71. The molecule has 1 heterocycles. The number of nitrogens with zero attached hydrogens (tertiary/aromatic N) is 2. The number of hydrogen-bond donors (Lipinski definition) is 2. The van der Waals surface area contributed by atoms with Crippen LogP contribution in [0.5, 0.6) is 17.4 Å². The van der Waals surface area contributed by atoms with E-state index >= 15 is 0 Å². The van der Waals surface area contributed by atoms with Crippen LogP contribution < -0.4 is 15.2 Å². The zero-order chi connectivity index (χ0) is 14.0. The molecule has 0 aliphatic heterocycles. The first-order valence-electron chi connectivity index (χ1n) is 5.73. The summed E-state index contributed by atoms with van der Waals surface area (Å²) < 4.78 is 12.4. The molecule has 0 atom stereocenters. The number of nitrogen functional groups attached to an aromatic ring is 1. The largest absolute Gasteiger partial charge is 0.497 e. The van der Waals surface area contributed by atoms with Gasteiger partial charge in [0, 0.05) is 7.05 Å². The van der Waals surface area contributed by atoms with E-state index in [0.29, 0.717) is 22.9 Å². The Kier molecular flexibility index (Phi) is 3.41. The van der Waals surface area contributed by atoms with Gasteiger partial charge in [0.05, 0.1) is 12.8 Å². The molecule has 100 valence electrons. The zero-order valence-corrected chi connectivity index (χ0v) is 11.1. The van der Waals surface area contributed by atoms with Crippen LogP contribution in [-0.2, 0) is 7.05 Å². The molecule has 0 amide bonds. The number of ether oxygens (including phenoxy) is 2. The van der Waals surface area contributed by atoms with Gasteiger partial charge < -0.3 is 15.2 Å². The van der Waals surface area contributed by atoms with Crippen LogP contribution in [0.1, 0.15) is 11.3 Å². The van der Waals surface area contributed by atoms with E-state index in [2.05, 4.69) is 5.10 Å². The summed E-state index contributed by atoms with van der Waals surface area (Å²) in [5.74, 6) is 1.77. The van der Waals surface area contributed by atoms with Gasteiger partial charge in [-0.25, -0.2) is 4.68 Å². The summed E-state index contributed by atoms with van der Waals surface area (Å²) in [5, 5.41) is 11.8. The van der Waals surface area contributed by atoms with Crippen molar-refractivity contribution in [3.8, 4) is 17.4 Å². The Balaban J connectivity index is 2.34. The highest BCUT2D eigenvalue weighted by molar-refractivity contribution is 5.98. The standard InChI is InChI=1S/C13H16N4O2/c1-8-11(12(14)15)13(17(2)16-8)19-10-6-4-9(18-3)5-7-10/h4-7H,1-3H3,(H3,14,15). The van der Waals surface area contributed by atoms with E-state index in [9.17, 15) is 0 Å². The molecule has 2 aromatic rings. The fourth-order valence-corrected chi connectivity index (χ4v) is 1.82. The highest BCUT2D eigenvalue weighted by Crippen LogP contribution is 2.27. The highest BCUT2D eigenvalue weighted by Gasteiger charge is 2.17. The van der Waals surface area contributed by atoms with Crippen molar-refractivity contribution in [3.63, 3.8) is 0 Å². The Bertz CT molecular complexity index is 602. The maximum Gasteiger partial charge on any atom is 0.228 e. The van der Waals surface area contributed by atoms with Gasteiger partial charge >= 0.3 is 0 Å². The van der Waals surface area contributed by atoms with Gasteiger partial charge in [-0.1, -0.05) is 0 Å². The summed E-state index contributed by atoms with van der Waals surface area (Å²) in [6.45, 7) is 1.79. The van der Waals surface area contributed by atoms with Gasteiger partial charge in [-0.3, -0.25) is 5.41 Å². The molecule has 6 nitrogen and oxygen atoms in total. The summed E-state index contributed by atoms with van der Waals surface area (Å²) >= 11 is 0. The Morgan fingerprint density at radius 3 is 2.37 bits per heavy atom. The van der Waals surface area contributed by atoms with Crippen molar-refractivity contribution < 1.29 is 9.47 Å². The van der Waals surface area contributed by atoms with E-state index in [1.807, 2.05) is 0 Å². The lowest BCUT2D eigenvalue weighted by Gasteiger charge is -2.08. The number of nitrogens with one attached hydrogen (secondary N) is 1. The smallest absolute Gasteiger partial charge is 0.228 e. The fraction of sp³-hybridized carbons (Fsp3) is 0.231. The van der Waals surface area contributed by atoms with Gasteiger partial charge in [0.1, 0.15) is 22.9 Å². The van der Waals surface area contributed by atoms with E-state index in [4.69, 9.17) is 20.6 Å². The SMILES string of the molecule is COc1ccc(Oc2c(C(=N)N)c(C)nn2C)cc1. The summed E-state index contributed by atoms with van der Waals surface area (Å²) in [6, 6.07) is 7.16. The van der Waals surface area contributed by atoms with E-state index in [1.54, 1.807) is 50.0 Å². The van der Waals surface area contributed by atoms with Crippen LogP contribution in [0.3, 0.4) is 0 Å². The average Bonchev–Trinajstić information content (AvgIpc) is 2.65. The Morgan fingerprint density at radius 2 is 1.84 bits per heavy atom. The maximum absolute atomic E-state index is 7.58. The first kappa shape index (κ1) is 12.9.